The average molecular weight is 193 g/mol. The summed E-state index contributed by atoms with van der Waals surface area (Å²) >= 11 is 0. The van der Waals surface area contributed by atoms with Crippen LogP contribution in [0.1, 0.15) is 37.8 Å². The van der Waals surface area contributed by atoms with E-state index in [1.54, 1.807) is 0 Å². The van der Waals surface area contributed by atoms with Gasteiger partial charge >= 0.3 is 0 Å². The Kier molecular flexibility index (Phi) is 3.19. The van der Waals surface area contributed by atoms with Gasteiger partial charge in [0.1, 0.15) is 0 Å². The van der Waals surface area contributed by atoms with E-state index in [2.05, 4.69) is 28.1 Å². The Labute approximate surface area is 85.5 Å². The van der Waals surface area contributed by atoms with E-state index >= 15 is 0 Å². The second-order valence-corrected chi connectivity index (χ2v) is 3.95. The predicted octanol–water partition coefficient (Wildman–Crippen LogP) is 1.76. The van der Waals surface area contributed by atoms with Gasteiger partial charge in [0.05, 0.1) is 0 Å². The Morgan fingerprint density at radius 3 is 3.29 bits per heavy atom. The monoisotopic (exact) mass is 193 g/mol. The predicted molar refractivity (Wildman–Crippen MR) is 57.4 cm³/mol. The number of hydrogen-bond donors (Lipinski definition) is 1. The lowest BCUT2D eigenvalue weighted by molar-refractivity contribution is 0.526. The van der Waals surface area contributed by atoms with Crippen LogP contribution in [0.4, 0.5) is 0 Å². The maximum atomic E-state index is 4.34. The van der Waals surface area contributed by atoms with Gasteiger partial charge in [0.25, 0.3) is 0 Å². The molecule has 1 aliphatic heterocycles. The maximum absolute atomic E-state index is 4.34. The molecule has 3 heteroatoms. The van der Waals surface area contributed by atoms with Crippen molar-refractivity contribution < 1.29 is 0 Å². The van der Waals surface area contributed by atoms with Crippen LogP contribution in [-0.2, 0) is 6.54 Å². The summed E-state index contributed by atoms with van der Waals surface area (Å²) in [6, 6.07) is 2.18. The SMILES string of the molecule is CCn1nccc1C1CCCNCC1. The van der Waals surface area contributed by atoms with E-state index in [9.17, 15) is 0 Å². The van der Waals surface area contributed by atoms with Crippen molar-refractivity contribution >= 4 is 0 Å². The highest BCUT2D eigenvalue weighted by molar-refractivity contribution is 5.08. The Bertz CT molecular complexity index is 272. The summed E-state index contributed by atoms with van der Waals surface area (Å²) in [5.74, 6) is 0.715. The van der Waals surface area contributed by atoms with Gasteiger partial charge in [0.15, 0.2) is 0 Å². The van der Waals surface area contributed by atoms with Crippen molar-refractivity contribution in [3.63, 3.8) is 0 Å². The van der Waals surface area contributed by atoms with Gasteiger partial charge in [-0.1, -0.05) is 0 Å². The van der Waals surface area contributed by atoms with Crippen LogP contribution in [0, 0.1) is 0 Å². The van der Waals surface area contributed by atoms with Crippen LogP contribution in [0.2, 0.25) is 0 Å². The molecule has 2 rings (SSSR count). The van der Waals surface area contributed by atoms with Gasteiger partial charge in [-0.15, -0.1) is 0 Å². The third-order valence-electron chi connectivity index (χ3n) is 3.04. The highest BCUT2D eigenvalue weighted by Crippen LogP contribution is 2.25. The van der Waals surface area contributed by atoms with Crippen molar-refractivity contribution in [2.24, 2.45) is 0 Å². The molecular formula is C11H19N3. The highest BCUT2D eigenvalue weighted by atomic mass is 15.3. The van der Waals surface area contributed by atoms with Crippen molar-refractivity contribution in [1.29, 1.82) is 0 Å². The maximum Gasteiger partial charge on any atom is 0.0492 e. The van der Waals surface area contributed by atoms with Crippen LogP contribution in [0.25, 0.3) is 0 Å². The third-order valence-corrected chi connectivity index (χ3v) is 3.04. The lowest BCUT2D eigenvalue weighted by Crippen LogP contribution is -2.14. The largest absolute Gasteiger partial charge is 0.317 e. The van der Waals surface area contributed by atoms with Gasteiger partial charge in [-0.25, -0.2) is 0 Å². The topological polar surface area (TPSA) is 29.9 Å². The standard InChI is InChI=1S/C11H19N3/c1-2-14-11(6-9-13-14)10-4-3-7-12-8-5-10/h6,9-10,12H,2-5,7-8H2,1H3. The number of rotatable bonds is 2. The minimum Gasteiger partial charge on any atom is -0.317 e. The van der Waals surface area contributed by atoms with Gasteiger partial charge in [-0.3, -0.25) is 4.68 Å². The van der Waals surface area contributed by atoms with Gasteiger partial charge < -0.3 is 5.32 Å². The summed E-state index contributed by atoms with van der Waals surface area (Å²) in [6.45, 7) is 5.48. The van der Waals surface area contributed by atoms with Gasteiger partial charge in [0, 0.05) is 24.4 Å². The quantitative estimate of drug-likeness (QED) is 0.775. The second kappa shape index (κ2) is 4.60. The Balaban J connectivity index is 2.11. The summed E-state index contributed by atoms with van der Waals surface area (Å²) in [5.41, 5.74) is 1.43. The molecule has 0 radical (unpaired) electrons. The first-order valence-corrected chi connectivity index (χ1v) is 5.64. The van der Waals surface area contributed by atoms with Crippen LogP contribution < -0.4 is 5.32 Å². The van der Waals surface area contributed by atoms with Crippen molar-refractivity contribution in [2.75, 3.05) is 13.1 Å². The first kappa shape index (κ1) is 9.71. The molecule has 1 saturated heterocycles. The Morgan fingerprint density at radius 2 is 2.43 bits per heavy atom. The molecule has 0 aromatic carbocycles. The van der Waals surface area contributed by atoms with E-state index in [0.717, 1.165) is 13.1 Å². The van der Waals surface area contributed by atoms with E-state index in [1.807, 2.05) is 6.20 Å². The fourth-order valence-corrected chi connectivity index (χ4v) is 2.27. The molecule has 3 nitrogen and oxygen atoms in total. The number of aryl methyl sites for hydroxylation is 1. The molecule has 1 aliphatic rings. The van der Waals surface area contributed by atoms with E-state index in [1.165, 1.54) is 31.5 Å². The van der Waals surface area contributed by atoms with E-state index in [4.69, 9.17) is 0 Å². The molecule has 0 saturated carbocycles. The van der Waals surface area contributed by atoms with Crippen LogP contribution in [0.15, 0.2) is 12.3 Å². The summed E-state index contributed by atoms with van der Waals surface area (Å²) < 4.78 is 2.13. The molecule has 0 bridgehead atoms. The van der Waals surface area contributed by atoms with Crippen molar-refractivity contribution in [2.45, 2.75) is 38.6 Å². The van der Waals surface area contributed by atoms with Crippen LogP contribution in [-0.4, -0.2) is 22.9 Å². The van der Waals surface area contributed by atoms with Crippen molar-refractivity contribution in [3.05, 3.63) is 18.0 Å². The zero-order valence-electron chi connectivity index (χ0n) is 8.87. The minimum absolute atomic E-state index is 0.715. The number of nitrogens with zero attached hydrogens (tertiary/aromatic N) is 2. The molecule has 1 unspecified atom stereocenters. The molecule has 1 fully saturated rings. The fraction of sp³-hybridized carbons (Fsp3) is 0.727. The van der Waals surface area contributed by atoms with Crippen molar-refractivity contribution in [3.8, 4) is 0 Å². The van der Waals surface area contributed by atoms with Crippen molar-refractivity contribution in [1.82, 2.24) is 15.1 Å². The Hall–Kier alpha value is -0.830. The molecule has 1 N–H and O–H groups in total. The first-order chi connectivity index (χ1) is 6.92. The summed E-state index contributed by atoms with van der Waals surface area (Å²) in [4.78, 5) is 0. The smallest absolute Gasteiger partial charge is 0.0492 e. The van der Waals surface area contributed by atoms with Crippen LogP contribution in [0.3, 0.4) is 0 Å². The Morgan fingerprint density at radius 1 is 1.50 bits per heavy atom. The number of aromatic nitrogens is 2. The first-order valence-electron chi connectivity index (χ1n) is 5.64. The molecule has 14 heavy (non-hydrogen) atoms. The summed E-state index contributed by atoms with van der Waals surface area (Å²) in [7, 11) is 0. The molecule has 0 aliphatic carbocycles. The van der Waals surface area contributed by atoms with E-state index < -0.39 is 0 Å². The van der Waals surface area contributed by atoms with E-state index in [-0.39, 0.29) is 0 Å². The minimum atomic E-state index is 0.715. The fourth-order valence-electron chi connectivity index (χ4n) is 2.27. The molecule has 1 aromatic heterocycles. The van der Waals surface area contributed by atoms with Gasteiger partial charge in [-0.05, 0) is 45.3 Å². The molecule has 0 spiro atoms. The van der Waals surface area contributed by atoms with Gasteiger partial charge in [-0.2, -0.15) is 5.10 Å². The normalized spacial score (nSPS) is 23.4. The van der Waals surface area contributed by atoms with E-state index in [0.29, 0.717) is 5.92 Å². The van der Waals surface area contributed by atoms with Gasteiger partial charge in [0.2, 0.25) is 0 Å². The lowest BCUT2D eigenvalue weighted by Gasteiger charge is -2.14. The second-order valence-electron chi connectivity index (χ2n) is 3.95. The molecule has 0 amide bonds. The molecule has 78 valence electrons. The van der Waals surface area contributed by atoms with Crippen LogP contribution in [0.5, 0.6) is 0 Å². The zero-order valence-corrected chi connectivity index (χ0v) is 8.87. The third kappa shape index (κ3) is 1.98. The summed E-state index contributed by atoms with van der Waals surface area (Å²) in [5, 5.41) is 7.78. The average Bonchev–Trinajstić information content (AvgIpc) is 2.52. The number of nitrogens with one attached hydrogen (secondary N) is 1. The zero-order chi connectivity index (χ0) is 9.80. The lowest BCUT2D eigenvalue weighted by atomic mass is 9.97. The molecule has 1 aromatic rings. The molecule has 1 atom stereocenters. The summed E-state index contributed by atoms with van der Waals surface area (Å²) in [6.07, 6.45) is 5.78. The van der Waals surface area contributed by atoms with Crippen LogP contribution >= 0.6 is 0 Å². The number of hydrogen-bond acceptors (Lipinski definition) is 2. The highest BCUT2D eigenvalue weighted by Gasteiger charge is 2.16. The molecule has 2 heterocycles. The molecular weight excluding hydrogens is 174 g/mol.